The molecule has 0 spiro atoms. The molecule has 4 rings (SSSR count). The Bertz CT molecular complexity index is 786. The van der Waals surface area contributed by atoms with Crippen LogP contribution in [0.2, 0.25) is 0 Å². The third kappa shape index (κ3) is 6.34. The molecule has 1 aliphatic carbocycles. The first-order chi connectivity index (χ1) is 15.1. The van der Waals surface area contributed by atoms with Crippen LogP contribution in [0, 0.1) is 5.82 Å². The van der Waals surface area contributed by atoms with E-state index in [1.165, 1.54) is 12.5 Å². The lowest BCUT2D eigenvalue weighted by molar-refractivity contribution is -0.133. The molecule has 2 heterocycles. The van der Waals surface area contributed by atoms with Gasteiger partial charge < -0.3 is 15.1 Å². The van der Waals surface area contributed by atoms with Gasteiger partial charge in [0.1, 0.15) is 5.82 Å². The molecule has 0 radical (unpaired) electrons. The molecule has 32 heavy (non-hydrogen) atoms. The van der Waals surface area contributed by atoms with Crippen LogP contribution in [-0.4, -0.2) is 85.5 Å². The molecule has 0 bridgehead atoms. The summed E-state index contributed by atoms with van der Waals surface area (Å²) in [6.07, 6.45) is 5.64. The number of piperidine rings is 1. The van der Waals surface area contributed by atoms with Crippen molar-refractivity contribution in [3.8, 4) is 0 Å². The number of carbonyl (C=O) groups is 1. The van der Waals surface area contributed by atoms with Crippen molar-refractivity contribution in [1.29, 1.82) is 0 Å². The van der Waals surface area contributed by atoms with Crippen molar-refractivity contribution in [3.63, 3.8) is 0 Å². The van der Waals surface area contributed by atoms with Crippen LogP contribution in [0.3, 0.4) is 0 Å². The van der Waals surface area contributed by atoms with Gasteiger partial charge in [0, 0.05) is 51.2 Å². The number of guanidine groups is 1. The Kier molecular flexibility index (Phi) is 9.16. The maximum Gasteiger partial charge on any atom is 0.236 e. The van der Waals surface area contributed by atoms with Crippen molar-refractivity contribution in [3.05, 3.63) is 35.6 Å². The SMILES string of the molecule is CCNC(=NCC1(c2cccc(F)c2)CC1)N1CCN(CC(=O)N2CCCCC2)CC1.I. The van der Waals surface area contributed by atoms with Crippen LogP contribution in [0.15, 0.2) is 29.3 Å². The largest absolute Gasteiger partial charge is 0.357 e. The molecule has 1 saturated carbocycles. The minimum absolute atomic E-state index is 0. The molecule has 6 nitrogen and oxygen atoms in total. The Morgan fingerprint density at radius 3 is 2.41 bits per heavy atom. The molecule has 1 aromatic carbocycles. The molecule has 2 aliphatic heterocycles. The highest BCUT2D eigenvalue weighted by Gasteiger charge is 2.44. The first-order valence-electron chi connectivity index (χ1n) is 11.9. The topological polar surface area (TPSA) is 51.2 Å². The molecule has 2 saturated heterocycles. The second kappa shape index (κ2) is 11.6. The van der Waals surface area contributed by atoms with Crippen LogP contribution in [0.5, 0.6) is 0 Å². The maximum absolute atomic E-state index is 13.7. The van der Waals surface area contributed by atoms with Gasteiger partial charge in [-0.05, 0) is 56.7 Å². The van der Waals surface area contributed by atoms with E-state index >= 15 is 0 Å². The van der Waals surface area contributed by atoms with Crippen molar-refractivity contribution in [2.45, 2.75) is 44.4 Å². The Hall–Kier alpha value is -1.42. The van der Waals surface area contributed by atoms with Crippen LogP contribution in [0.4, 0.5) is 4.39 Å². The van der Waals surface area contributed by atoms with Crippen LogP contribution < -0.4 is 5.32 Å². The number of likely N-dealkylation sites (tertiary alicyclic amines) is 1. The fraction of sp³-hybridized carbons (Fsp3) is 0.667. The summed E-state index contributed by atoms with van der Waals surface area (Å²) in [6.45, 7) is 9.45. The molecule has 1 amide bonds. The van der Waals surface area contributed by atoms with E-state index in [1.807, 2.05) is 11.0 Å². The summed E-state index contributed by atoms with van der Waals surface area (Å²) >= 11 is 0. The van der Waals surface area contributed by atoms with Crippen molar-refractivity contribution in [2.75, 3.05) is 58.9 Å². The molecule has 3 aliphatic rings. The maximum atomic E-state index is 13.7. The molecule has 0 atom stereocenters. The second-order valence-electron chi connectivity index (χ2n) is 9.17. The summed E-state index contributed by atoms with van der Waals surface area (Å²) in [6, 6.07) is 6.98. The van der Waals surface area contributed by atoms with Gasteiger partial charge in [0.15, 0.2) is 5.96 Å². The van der Waals surface area contributed by atoms with Crippen molar-refractivity contribution < 1.29 is 9.18 Å². The van der Waals surface area contributed by atoms with E-state index in [1.54, 1.807) is 12.1 Å². The number of benzene rings is 1. The zero-order valence-corrected chi connectivity index (χ0v) is 21.5. The van der Waals surface area contributed by atoms with E-state index in [-0.39, 0.29) is 41.1 Å². The minimum Gasteiger partial charge on any atom is -0.357 e. The van der Waals surface area contributed by atoms with Crippen LogP contribution in [-0.2, 0) is 10.2 Å². The second-order valence-corrected chi connectivity index (χ2v) is 9.17. The molecule has 0 aromatic heterocycles. The summed E-state index contributed by atoms with van der Waals surface area (Å²) in [5.41, 5.74) is 1.05. The molecule has 3 fully saturated rings. The van der Waals surface area contributed by atoms with Gasteiger partial charge in [-0.3, -0.25) is 14.7 Å². The molecule has 0 unspecified atom stereocenters. The minimum atomic E-state index is -0.171. The summed E-state index contributed by atoms with van der Waals surface area (Å²) < 4.78 is 13.7. The molecule has 1 aromatic rings. The first kappa shape index (κ1) is 25.2. The lowest BCUT2D eigenvalue weighted by atomic mass is 9.96. The highest BCUT2D eigenvalue weighted by Crippen LogP contribution is 2.48. The van der Waals surface area contributed by atoms with E-state index in [9.17, 15) is 9.18 Å². The Morgan fingerprint density at radius 2 is 1.78 bits per heavy atom. The fourth-order valence-electron chi connectivity index (χ4n) is 4.71. The third-order valence-electron chi connectivity index (χ3n) is 6.90. The smallest absolute Gasteiger partial charge is 0.236 e. The summed E-state index contributed by atoms with van der Waals surface area (Å²) in [5.74, 6) is 1.04. The van der Waals surface area contributed by atoms with Gasteiger partial charge in [-0.25, -0.2) is 4.39 Å². The number of aliphatic imine (C=N–C) groups is 1. The highest BCUT2D eigenvalue weighted by atomic mass is 127. The van der Waals surface area contributed by atoms with Crippen molar-refractivity contribution in [2.24, 2.45) is 4.99 Å². The number of piperazine rings is 1. The third-order valence-corrected chi connectivity index (χ3v) is 6.90. The number of nitrogens with one attached hydrogen (secondary N) is 1. The van der Waals surface area contributed by atoms with Gasteiger partial charge in [0.05, 0.1) is 13.1 Å². The summed E-state index contributed by atoms with van der Waals surface area (Å²) in [4.78, 5) is 24.1. The average Bonchev–Trinajstić information content (AvgIpc) is 3.59. The number of halogens is 2. The molecule has 1 N–H and O–H groups in total. The Labute approximate surface area is 208 Å². The lowest BCUT2D eigenvalue weighted by Crippen LogP contribution is -2.54. The summed E-state index contributed by atoms with van der Waals surface area (Å²) in [5, 5.41) is 3.43. The van der Waals surface area contributed by atoms with Gasteiger partial charge in [0.2, 0.25) is 5.91 Å². The van der Waals surface area contributed by atoms with Crippen LogP contribution in [0.1, 0.15) is 44.6 Å². The quantitative estimate of drug-likeness (QED) is 0.332. The lowest BCUT2D eigenvalue weighted by Gasteiger charge is -2.37. The molecule has 178 valence electrons. The predicted molar refractivity (Wildman–Crippen MR) is 137 cm³/mol. The van der Waals surface area contributed by atoms with E-state index in [0.29, 0.717) is 13.1 Å². The number of nitrogens with zero attached hydrogens (tertiary/aromatic N) is 4. The van der Waals surface area contributed by atoms with Gasteiger partial charge >= 0.3 is 0 Å². The number of hydrogen-bond donors (Lipinski definition) is 1. The van der Waals surface area contributed by atoms with Crippen LogP contribution in [0.25, 0.3) is 0 Å². The monoisotopic (exact) mass is 557 g/mol. The number of amides is 1. The van der Waals surface area contributed by atoms with Crippen molar-refractivity contribution >= 4 is 35.8 Å². The molecular weight excluding hydrogens is 520 g/mol. The molecule has 8 heteroatoms. The standard InChI is InChI=1S/C24H36FN5O.HI/c1-2-26-23(27-19-24(9-10-24)20-7-6-8-21(25)17-20)30-15-13-28(14-16-30)18-22(31)29-11-4-3-5-12-29;/h6-8,17H,2-5,9-16,18-19H2,1H3,(H,26,27);1H. The molecular formula is C24H37FIN5O. The van der Waals surface area contributed by atoms with E-state index in [4.69, 9.17) is 4.99 Å². The number of hydrogen-bond acceptors (Lipinski definition) is 3. The first-order valence-corrected chi connectivity index (χ1v) is 11.9. The highest BCUT2D eigenvalue weighted by molar-refractivity contribution is 14.0. The fourth-order valence-corrected chi connectivity index (χ4v) is 4.71. The Balaban J connectivity index is 0.00000289. The average molecular weight is 557 g/mol. The van der Waals surface area contributed by atoms with E-state index in [2.05, 4.69) is 22.0 Å². The zero-order valence-electron chi connectivity index (χ0n) is 19.2. The van der Waals surface area contributed by atoms with E-state index < -0.39 is 0 Å². The Morgan fingerprint density at radius 1 is 1.06 bits per heavy atom. The van der Waals surface area contributed by atoms with Crippen molar-refractivity contribution in [1.82, 2.24) is 20.0 Å². The van der Waals surface area contributed by atoms with Gasteiger partial charge in [-0.2, -0.15) is 0 Å². The van der Waals surface area contributed by atoms with Gasteiger partial charge in [-0.1, -0.05) is 12.1 Å². The van der Waals surface area contributed by atoms with E-state index in [0.717, 1.165) is 83.0 Å². The summed E-state index contributed by atoms with van der Waals surface area (Å²) in [7, 11) is 0. The normalized spacial score (nSPS) is 21.1. The van der Waals surface area contributed by atoms with Crippen LogP contribution >= 0.6 is 24.0 Å². The number of rotatable bonds is 6. The zero-order chi connectivity index (χ0) is 21.7. The number of carbonyl (C=O) groups excluding carboxylic acids is 1. The van der Waals surface area contributed by atoms with Gasteiger partial charge in [-0.15, -0.1) is 24.0 Å². The predicted octanol–water partition coefficient (Wildman–Crippen LogP) is 3.07. The van der Waals surface area contributed by atoms with Gasteiger partial charge in [0.25, 0.3) is 0 Å².